The molecule has 5 aromatic carbocycles. The van der Waals surface area contributed by atoms with E-state index in [9.17, 15) is 0 Å². The zero-order valence-corrected chi connectivity index (χ0v) is 36.7. The van der Waals surface area contributed by atoms with Crippen LogP contribution in [0.2, 0.25) is 13.1 Å². The molecular formula is C47H58Cl2SiZr. The summed E-state index contributed by atoms with van der Waals surface area (Å²) in [5.74, 6) is 4.55. The van der Waals surface area contributed by atoms with Crippen LogP contribution in [0.3, 0.4) is 0 Å². The van der Waals surface area contributed by atoms with Gasteiger partial charge in [0.15, 0.2) is 0 Å². The van der Waals surface area contributed by atoms with Crippen molar-refractivity contribution in [3.8, 4) is 11.1 Å². The molecule has 1 atom stereocenters. The summed E-state index contributed by atoms with van der Waals surface area (Å²) in [6.07, 6.45) is 16.9. The van der Waals surface area contributed by atoms with E-state index < -0.39 is 20.8 Å². The summed E-state index contributed by atoms with van der Waals surface area (Å²) in [5, 5.41) is 5.76. The molecule has 5 aromatic rings. The molecule has 1 unspecified atom stereocenters. The quantitative estimate of drug-likeness (QED) is 0.118. The molecule has 5 fully saturated rings. The first-order valence-electron chi connectivity index (χ1n) is 19.9. The van der Waals surface area contributed by atoms with Crippen molar-refractivity contribution >= 4 is 48.1 Å². The molecule has 4 heteroatoms. The van der Waals surface area contributed by atoms with Crippen molar-refractivity contribution < 1.29 is 20.8 Å². The molecule has 0 amide bonds. The zero-order valence-electron chi connectivity index (χ0n) is 31.7. The minimum atomic E-state index is -0.826. The van der Waals surface area contributed by atoms with Crippen molar-refractivity contribution in [2.75, 3.05) is 0 Å². The van der Waals surface area contributed by atoms with Crippen LogP contribution in [0.4, 0.5) is 0 Å². The molecule has 51 heavy (non-hydrogen) atoms. The van der Waals surface area contributed by atoms with Crippen molar-refractivity contribution in [2.24, 2.45) is 17.8 Å². The van der Waals surface area contributed by atoms with Crippen LogP contribution in [0, 0.1) is 17.8 Å². The van der Waals surface area contributed by atoms with Gasteiger partial charge >= 0.3 is 37.9 Å². The van der Waals surface area contributed by atoms with Gasteiger partial charge in [-0.3, -0.25) is 0 Å². The second kappa shape index (κ2) is 18.3. The molecule has 0 nitrogen and oxygen atoms in total. The third-order valence-electron chi connectivity index (χ3n) is 12.8. The summed E-state index contributed by atoms with van der Waals surface area (Å²) in [5.41, 5.74) is 9.50. The first-order valence-corrected chi connectivity index (χ1v) is 28.2. The second-order valence-electron chi connectivity index (χ2n) is 16.3. The Bertz CT molecular complexity index is 1790. The molecule has 0 aliphatic heterocycles. The van der Waals surface area contributed by atoms with Gasteiger partial charge in [-0.1, -0.05) is 101 Å². The average molecular weight is 813 g/mol. The van der Waals surface area contributed by atoms with E-state index in [0.717, 1.165) is 39.6 Å². The Balaban J connectivity index is 0.000000162. The van der Waals surface area contributed by atoms with E-state index in [1.165, 1.54) is 109 Å². The maximum atomic E-state index is 4.93. The monoisotopic (exact) mass is 810 g/mol. The van der Waals surface area contributed by atoms with E-state index in [0.29, 0.717) is 11.3 Å². The number of benzene rings is 3. The standard InChI is InChI=1S/C27H29.C18H23.C2H6Si.2ClH.Zr/c1-2-18-13-23-4-3-5-25(26(23)14-18)22-6-8-24(9-7-22)27-15-19-10-20(16-27)12-21(11-19)17-27;1-3-13(2)17-10-6-9-15-11-16(12-18(15)17)14-7-4-5-8-14;1-3-2;;;/h3-9,13-14,19-21H,2,10-12,15-17H2,1H3;6,9-14H,3-5,7-8H2,1-2H3;1-2H3;2*1H;/q2*-1;;;;+4/p-2. The van der Waals surface area contributed by atoms with E-state index in [4.69, 9.17) is 17.0 Å². The number of halogens is 2. The number of rotatable bonds is 6. The van der Waals surface area contributed by atoms with Crippen LogP contribution < -0.4 is 0 Å². The second-order valence-corrected chi connectivity index (χ2v) is 21.0. The van der Waals surface area contributed by atoms with Crippen LogP contribution in [0.1, 0.15) is 125 Å². The van der Waals surface area contributed by atoms with Crippen LogP contribution in [0.25, 0.3) is 32.7 Å². The van der Waals surface area contributed by atoms with Gasteiger partial charge in [-0.05, 0) is 104 Å². The maximum absolute atomic E-state index is 4.93. The molecule has 0 N–H and O–H groups in total. The predicted molar refractivity (Wildman–Crippen MR) is 223 cm³/mol. The molecule has 0 saturated heterocycles. The molecule has 0 heterocycles. The fourth-order valence-electron chi connectivity index (χ4n) is 10.6. The molecule has 10 rings (SSSR count). The van der Waals surface area contributed by atoms with Gasteiger partial charge in [-0.15, -0.1) is 69.1 Å². The molecular weight excluding hydrogens is 755 g/mol. The van der Waals surface area contributed by atoms with Crippen molar-refractivity contribution in [3.05, 3.63) is 107 Å². The van der Waals surface area contributed by atoms with Gasteiger partial charge in [0, 0.05) is 9.52 Å². The van der Waals surface area contributed by atoms with Gasteiger partial charge < -0.3 is 0 Å². The molecule has 5 aliphatic carbocycles. The van der Waals surface area contributed by atoms with Gasteiger partial charge in [0.25, 0.3) is 0 Å². The Kier molecular flexibility index (Phi) is 14.1. The molecule has 5 aliphatic rings. The van der Waals surface area contributed by atoms with Crippen LogP contribution in [-0.2, 0) is 32.7 Å². The Hall–Kier alpha value is -1.44. The summed E-state index contributed by atoms with van der Waals surface area (Å²) in [6.45, 7) is 11.2. The van der Waals surface area contributed by atoms with Crippen molar-refractivity contribution in [1.29, 1.82) is 0 Å². The van der Waals surface area contributed by atoms with Gasteiger partial charge in [0.1, 0.15) is 0 Å². The molecule has 5 saturated carbocycles. The van der Waals surface area contributed by atoms with E-state index >= 15 is 0 Å². The van der Waals surface area contributed by atoms with Gasteiger partial charge in [-0.2, -0.15) is 12.1 Å². The summed E-state index contributed by atoms with van der Waals surface area (Å²) in [4.78, 5) is 0. The number of hydrogen-bond donors (Lipinski definition) is 0. The Morgan fingerprint density at radius 3 is 1.92 bits per heavy atom. The Morgan fingerprint density at radius 2 is 1.35 bits per heavy atom. The summed E-state index contributed by atoms with van der Waals surface area (Å²) in [6, 6.07) is 33.0. The van der Waals surface area contributed by atoms with Crippen LogP contribution in [-0.4, -0.2) is 9.52 Å². The normalized spacial score (nSPS) is 23.9. The van der Waals surface area contributed by atoms with E-state index in [-0.39, 0.29) is 0 Å². The summed E-state index contributed by atoms with van der Waals surface area (Å²) < 4.78 is 0. The summed E-state index contributed by atoms with van der Waals surface area (Å²) in [7, 11) is 11.0. The van der Waals surface area contributed by atoms with Crippen LogP contribution in [0.5, 0.6) is 0 Å². The van der Waals surface area contributed by atoms with Gasteiger partial charge in [0.05, 0.1) is 0 Å². The Morgan fingerprint density at radius 1 is 0.784 bits per heavy atom. The fourth-order valence-corrected chi connectivity index (χ4v) is 10.6. The topological polar surface area (TPSA) is 0 Å². The molecule has 4 bridgehead atoms. The Labute approximate surface area is 330 Å². The van der Waals surface area contributed by atoms with Crippen molar-refractivity contribution in [3.63, 3.8) is 0 Å². The van der Waals surface area contributed by atoms with E-state index in [1.54, 1.807) is 16.7 Å². The third-order valence-corrected chi connectivity index (χ3v) is 12.8. The van der Waals surface area contributed by atoms with Gasteiger partial charge in [-0.25, -0.2) is 0 Å². The SMILES string of the molecule is CCC(C)c1cccc2[cH-]c(C3CCCC3)cc12.CCc1cc2c(-c3ccc(C45CC6CC(CC(C6)C4)C5)cc3)cccc2[cH-]1.C[Si]C.[Cl][Zr+2][Cl]. The van der Waals surface area contributed by atoms with E-state index in [1.807, 2.05) is 0 Å². The first-order chi connectivity index (χ1) is 24.8. The molecule has 0 aromatic heterocycles. The first kappa shape index (κ1) is 39.3. The fraction of sp³-hybridized carbons (Fsp3) is 0.489. The van der Waals surface area contributed by atoms with Crippen LogP contribution in [0.15, 0.2) is 84.9 Å². The minimum absolute atomic E-state index is 0.509. The average Bonchev–Trinajstić information content (AvgIpc) is 3.92. The van der Waals surface area contributed by atoms with E-state index in [2.05, 4.69) is 119 Å². The van der Waals surface area contributed by atoms with Gasteiger partial charge in [0.2, 0.25) is 0 Å². The summed E-state index contributed by atoms with van der Waals surface area (Å²) >= 11 is -0.826. The van der Waals surface area contributed by atoms with Crippen LogP contribution >= 0.6 is 17.0 Å². The zero-order chi connectivity index (χ0) is 36.0. The van der Waals surface area contributed by atoms with Crippen molar-refractivity contribution in [1.82, 2.24) is 0 Å². The number of aryl methyl sites for hydroxylation is 1. The van der Waals surface area contributed by atoms with Crippen molar-refractivity contribution in [2.45, 2.75) is 128 Å². The predicted octanol–water partition coefficient (Wildman–Crippen LogP) is 15.1. The third kappa shape index (κ3) is 8.93. The number of fused-ring (bicyclic) bond motifs is 2. The number of hydrogen-bond acceptors (Lipinski definition) is 0. The molecule has 2 radical (unpaired) electrons. The molecule has 268 valence electrons. The molecule has 0 spiro atoms.